The molecule has 3 nitrogen and oxygen atoms in total. The summed E-state index contributed by atoms with van der Waals surface area (Å²) in [6.45, 7) is 3.19. The average molecular weight is 322 g/mol. The third-order valence-corrected chi connectivity index (χ3v) is 5.05. The molecule has 1 saturated carbocycles. The maximum atomic E-state index is 5.64. The van der Waals surface area contributed by atoms with Gasteiger partial charge in [0.1, 0.15) is 5.82 Å². The molecule has 0 saturated heterocycles. The van der Waals surface area contributed by atoms with Crippen LogP contribution in [0.15, 0.2) is 36.5 Å². The summed E-state index contributed by atoms with van der Waals surface area (Å²) in [7, 11) is 0. The van der Waals surface area contributed by atoms with E-state index in [0.717, 1.165) is 23.6 Å². The van der Waals surface area contributed by atoms with Crippen LogP contribution in [0.4, 0.5) is 5.82 Å². The second-order valence-corrected chi connectivity index (χ2v) is 7.10. The normalized spacial score (nSPS) is 16.9. The number of nitrogens with zero attached hydrogens (tertiary/aromatic N) is 1. The first kappa shape index (κ1) is 17.0. The van der Waals surface area contributed by atoms with Crippen molar-refractivity contribution in [3.63, 3.8) is 0 Å². The molecule has 1 aliphatic rings. The highest BCUT2D eigenvalue weighted by Crippen LogP contribution is 2.27. The second kappa shape index (κ2) is 8.29. The molecule has 1 aromatic heterocycles. The summed E-state index contributed by atoms with van der Waals surface area (Å²) in [5.41, 5.74) is 9.04. The number of nitrogens with one attached hydrogen (secondary N) is 1. The number of nitrogen functional groups attached to an aromatic ring is 1. The lowest BCUT2D eigenvalue weighted by atomic mass is 9.85. The summed E-state index contributed by atoms with van der Waals surface area (Å²) in [6, 6.07) is 14.1. The van der Waals surface area contributed by atoms with Crippen LogP contribution >= 0.6 is 0 Å². The van der Waals surface area contributed by atoms with Crippen molar-refractivity contribution in [3.05, 3.63) is 48.2 Å². The molecule has 1 aliphatic carbocycles. The van der Waals surface area contributed by atoms with E-state index in [1.165, 1.54) is 44.1 Å². The van der Waals surface area contributed by atoms with Crippen molar-refractivity contribution in [1.29, 1.82) is 0 Å². The van der Waals surface area contributed by atoms with Crippen molar-refractivity contribution in [2.75, 3.05) is 5.73 Å². The molecule has 3 heteroatoms. The van der Waals surface area contributed by atoms with Crippen molar-refractivity contribution in [2.45, 2.75) is 58.0 Å². The minimum Gasteiger partial charge on any atom is -0.384 e. The Morgan fingerprint density at radius 3 is 2.62 bits per heavy atom. The molecule has 127 valence electrons. The Hall–Kier alpha value is -1.87. The van der Waals surface area contributed by atoms with Gasteiger partial charge in [-0.25, -0.2) is 4.98 Å². The highest BCUT2D eigenvalue weighted by molar-refractivity contribution is 5.63. The molecule has 3 N–H and O–H groups in total. The molecular formula is C21H28N3. The van der Waals surface area contributed by atoms with E-state index in [1.807, 2.05) is 24.4 Å². The quantitative estimate of drug-likeness (QED) is 0.818. The molecule has 0 amide bonds. The van der Waals surface area contributed by atoms with Crippen molar-refractivity contribution in [2.24, 2.45) is 5.92 Å². The predicted octanol–water partition coefficient (Wildman–Crippen LogP) is 4.58. The minimum absolute atomic E-state index is 0.551. The van der Waals surface area contributed by atoms with E-state index >= 15 is 0 Å². The Balaban J connectivity index is 1.49. The lowest BCUT2D eigenvalue weighted by molar-refractivity contribution is 0.304. The highest BCUT2D eigenvalue weighted by atomic mass is 14.9. The Morgan fingerprint density at radius 2 is 1.96 bits per heavy atom. The zero-order valence-electron chi connectivity index (χ0n) is 14.6. The van der Waals surface area contributed by atoms with Crippen molar-refractivity contribution in [1.82, 2.24) is 10.3 Å². The molecule has 24 heavy (non-hydrogen) atoms. The van der Waals surface area contributed by atoms with Gasteiger partial charge in [0, 0.05) is 24.3 Å². The van der Waals surface area contributed by atoms with Crippen LogP contribution in [0.25, 0.3) is 11.1 Å². The predicted molar refractivity (Wildman–Crippen MR) is 100 cm³/mol. The maximum absolute atomic E-state index is 5.64. The molecule has 0 bridgehead atoms. The fourth-order valence-corrected chi connectivity index (χ4v) is 3.61. The van der Waals surface area contributed by atoms with Gasteiger partial charge in [0.15, 0.2) is 0 Å². The number of pyridine rings is 1. The highest BCUT2D eigenvalue weighted by Gasteiger charge is 2.16. The number of nitrogens with two attached hydrogens (primary N) is 1. The first-order valence-electron chi connectivity index (χ1n) is 9.16. The molecule has 1 fully saturated rings. The van der Waals surface area contributed by atoms with E-state index in [1.54, 1.807) is 0 Å². The topological polar surface area (TPSA) is 50.9 Å². The molecule has 2 aromatic rings. The summed E-state index contributed by atoms with van der Waals surface area (Å²) < 4.78 is 0. The first-order valence-corrected chi connectivity index (χ1v) is 9.16. The molecule has 3 rings (SSSR count). The Labute approximate surface area is 145 Å². The van der Waals surface area contributed by atoms with Crippen LogP contribution in [0.3, 0.4) is 0 Å². The van der Waals surface area contributed by atoms with Crippen LogP contribution in [0, 0.1) is 12.0 Å². The molecule has 0 aliphatic heterocycles. The van der Waals surface area contributed by atoms with E-state index in [0.29, 0.717) is 11.9 Å². The smallest absolute Gasteiger partial charge is 0.123 e. The van der Waals surface area contributed by atoms with E-state index in [9.17, 15) is 0 Å². The van der Waals surface area contributed by atoms with Gasteiger partial charge in [-0.2, -0.15) is 0 Å². The van der Waals surface area contributed by atoms with Crippen molar-refractivity contribution < 1.29 is 0 Å². The summed E-state index contributed by atoms with van der Waals surface area (Å²) in [6.07, 6.45) is 10.2. The van der Waals surface area contributed by atoms with Crippen LogP contribution < -0.4 is 11.1 Å². The van der Waals surface area contributed by atoms with Gasteiger partial charge in [0.25, 0.3) is 0 Å². The molecular weight excluding hydrogens is 294 g/mol. The van der Waals surface area contributed by atoms with E-state index in [4.69, 9.17) is 5.73 Å². The van der Waals surface area contributed by atoms with Gasteiger partial charge in [0.2, 0.25) is 0 Å². The summed E-state index contributed by atoms with van der Waals surface area (Å²) in [5, 5.41) is 3.65. The minimum atomic E-state index is 0.551. The number of hydrogen-bond donors (Lipinski definition) is 2. The van der Waals surface area contributed by atoms with Crippen LogP contribution in [0.1, 0.15) is 51.0 Å². The average Bonchev–Trinajstić information content (AvgIpc) is 2.62. The third-order valence-electron chi connectivity index (χ3n) is 5.05. The zero-order chi connectivity index (χ0) is 16.8. The van der Waals surface area contributed by atoms with Gasteiger partial charge in [-0.05, 0) is 54.7 Å². The molecule has 1 aromatic carbocycles. The maximum Gasteiger partial charge on any atom is 0.123 e. The monoisotopic (exact) mass is 322 g/mol. The van der Waals surface area contributed by atoms with Gasteiger partial charge in [-0.3, -0.25) is 0 Å². The summed E-state index contributed by atoms with van der Waals surface area (Å²) >= 11 is 0. The Kier molecular flexibility index (Phi) is 5.86. The van der Waals surface area contributed by atoms with Crippen LogP contribution in [0.2, 0.25) is 0 Å². The number of benzene rings is 1. The van der Waals surface area contributed by atoms with Gasteiger partial charge in [-0.1, -0.05) is 44.2 Å². The van der Waals surface area contributed by atoms with Gasteiger partial charge < -0.3 is 11.1 Å². The van der Waals surface area contributed by atoms with E-state index in [2.05, 4.69) is 35.4 Å². The Morgan fingerprint density at radius 1 is 1.17 bits per heavy atom. The lowest BCUT2D eigenvalue weighted by Crippen LogP contribution is -2.28. The van der Waals surface area contributed by atoms with E-state index in [-0.39, 0.29) is 0 Å². The second-order valence-electron chi connectivity index (χ2n) is 7.10. The zero-order valence-corrected chi connectivity index (χ0v) is 14.6. The first-order chi connectivity index (χ1) is 11.7. The van der Waals surface area contributed by atoms with Crippen molar-refractivity contribution >= 4 is 5.82 Å². The lowest BCUT2D eigenvalue weighted by Gasteiger charge is -2.25. The van der Waals surface area contributed by atoms with Crippen LogP contribution in [0.5, 0.6) is 0 Å². The molecule has 0 unspecified atom stereocenters. The van der Waals surface area contributed by atoms with Gasteiger partial charge in [0.05, 0.1) is 0 Å². The fraction of sp³-hybridized carbons (Fsp3) is 0.476. The standard InChI is InChI=1S/C21H28N3/c1-16(13-17-5-3-2-4-6-17)23-14-18-7-9-19(10-8-18)20-11-12-21(22)24-15-20/h7,9-12,15-17,23H,2-6,13-14H2,1H3,(H2,22,24)/t16-/m0/s1. The third kappa shape index (κ3) is 4.81. The Bertz CT molecular complexity index is 613. The number of hydrogen-bond acceptors (Lipinski definition) is 3. The van der Waals surface area contributed by atoms with Gasteiger partial charge in [-0.15, -0.1) is 0 Å². The molecule has 1 heterocycles. The fourth-order valence-electron chi connectivity index (χ4n) is 3.61. The SMILES string of the molecule is C[C@@H](CC1CCCCC1)NCc1[c]cc(-c2ccc(N)nc2)cc1. The van der Waals surface area contributed by atoms with Crippen molar-refractivity contribution in [3.8, 4) is 11.1 Å². The number of rotatable bonds is 6. The van der Waals surface area contributed by atoms with Gasteiger partial charge >= 0.3 is 0 Å². The number of aromatic nitrogens is 1. The molecule has 1 radical (unpaired) electrons. The van der Waals surface area contributed by atoms with E-state index < -0.39 is 0 Å². The van der Waals surface area contributed by atoms with Crippen LogP contribution in [-0.2, 0) is 6.54 Å². The molecule has 1 atom stereocenters. The summed E-state index contributed by atoms with van der Waals surface area (Å²) in [4.78, 5) is 4.14. The largest absolute Gasteiger partial charge is 0.384 e. The number of anilines is 1. The molecule has 0 spiro atoms. The summed E-state index contributed by atoms with van der Waals surface area (Å²) in [5.74, 6) is 1.47. The van der Waals surface area contributed by atoms with Crippen LogP contribution in [-0.4, -0.2) is 11.0 Å².